The number of aryl methyl sites for hydroxylation is 1. The molecule has 0 atom stereocenters. The Morgan fingerprint density at radius 1 is 1.35 bits per heavy atom. The number of fused-ring (bicyclic) bond motifs is 1. The molecule has 2 rings (SSSR count). The molecule has 0 aromatic heterocycles. The predicted molar refractivity (Wildman–Crippen MR) is 59.6 cm³/mol. The molecule has 17 heavy (non-hydrogen) atoms. The van der Waals surface area contributed by atoms with Crippen LogP contribution in [0.25, 0.3) is 0 Å². The van der Waals surface area contributed by atoms with E-state index in [-0.39, 0.29) is 17.0 Å². The Hall–Kier alpha value is -2.24. The average Bonchev–Trinajstić information content (AvgIpc) is 2.48. The van der Waals surface area contributed by atoms with Gasteiger partial charge in [0, 0.05) is 17.7 Å². The second-order valence-corrected chi connectivity index (χ2v) is 3.83. The Bertz CT molecular complexity index is 522. The van der Waals surface area contributed by atoms with Gasteiger partial charge in [-0.05, 0) is 24.8 Å². The van der Waals surface area contributed by atoms with Gasteiger partial charge in [-0.25, -0.2) is 0 Å². The summed E-state index contributed by atoms with van der Waals surface area (Å²) in [5.41, 5.74) is 0.962. The minimum atomic E-state index is -0.547. The van der Waals surface area contributed by atoms with Crippen molar-refractivity contribution in [2.24, 2.45) is 5.16 Å². The highest BCUT2D eigenvalue weighted by Crippen LogP contribution is 2.23. The summed E-state index contributed by atoms with van der Waals surface area (Å²) in [5, 5.41) is 22.3. The van der Waals surface area contributed by atoms with E-state index in [1.807, 2.05) is 0 Å². The van der Waals surface area contributed by atoms with Crippen LogP contribution >= 0.6 is 0 Å². The summed E-state index contributed by atoms with van der Waals surface area (Å²) >= 11 is 0. The standard InChI is InChI=1S/C11H10N2O4/c14-11-9-6-8(13(16)17)5-4-7(9)2-1-3-10(11)12-15/h4-6,15H,1-3H2. The van der Waals surface area contributed by atoms with E-state index in [1.165, 1.54) is 12.1 Å². The first kappa shape index (κ1) is 11.3. The molecule has 6 heteroatoms. The van der Waals surface area contributed by atoms with Gasteiger partial charge >= 0.3 is 0 Å². The molecule has 0 spiro atoms. The molecule has 0 aliphatic heterocycles. The molecule has 0 unspecified atom stereocenters. The van der Waals surface area contributed by atoms with Crippen LogP contribution in [0.5, 0.6) is 0 Å². The van der Waals surface area contributed by atoms with Crippen LogP contribution in [0.4, 0.5) is 5.69 Å². The number of benzene rings is 1. The van der Waals surface area contributed by atoms with E-state index in [2.05, 4.69) is 5.16 Å². The van der Waals surface area contributed by atoms with Crippen LogP contribution in [-0.4, -0.2) is 21.6 Å². The largest absolute Gasteiger partial charge is 0.411 e. The summed E-state index contributed by atoms with van der Waals surface area (Å²) in [4.78, 5) is 22.0. The SMILES string of the molecule is O=C1C(=NO)CCCc2ccc([N+](=O)[O-])cc21. The molecule has 1 aromatic carbocycles. The molecule has 1 aliphatic rings. The summed E-state index contributed by atoms with van der Waals surface area (Å²) in [5.74, 6) is -0.427. The number of oxime groups is 1. The maximum absolute atomic E-state index is 11.9. The Kier molecular flexibility index (Phi) is 2.86. The van der Waals surface area contributed by atoms with Gasteiger partial charge in [-0.15, -0.1) is 0 Å². The van der Waals surface area contributed by atoms with Crippen molar-refractivity contribution in [1.82, 2.24) is 0 Å². The number of nitrogens with zero attached hydrogens (tertiary/aromatic N) is 2. The van der Waals surface area contributed by atoms with Gasteiger partial charge in [-0.2, -0.15) is 0 Å². The molecular formula is C11H10N2O4. The first-order valence-electron chi connectivity index (χ1n) is 5.16. The number of non-ortho nitro benzene ring substituents is 1. The number of Topliss-reactive ketones (excluding diaryl/α,β-unsaturated/α-hetero) is 1. The average molecular weight is 234 g/mol. The highest BCUT2D eigenvalue weighted by Gasteiger charge is 2.24. The van der Waals surface area contributed by atoms with Crippen molar-refractivity contribution < 1.29 is 14.9 Å². The lowest BCUT2D eigenvalue weighted by Crippen LogP contribution is -2.13. The van der Waals surface area contributed by atoms with Crippen LogP contribution in [0.3, 0.4) is 0 Å². The summed E-state index contributed by atoms with van der Waals surface area (Å²) in [6.45, 7) is 0. The lowest BCUT2D eigenvalue weighted by Gasteiger charge is -2.03. The summed E-state index contributed by atoms with van der Waals surface area (Å²) in [6.07, 6.45) is 1.73. The fourth-order valence-electron chi connectivity index (χ4n) is 1.92. The third-order valence-electron chi connectivity index (χ3n) is 2.79. The van der Waals surface area contributed by atoms with Gasteiger partial charge in [0.05, 0.1) is 4.92 Å². The first-order valence-corrected chi connectivity index (χ1v) is 5.16. The predicted octanol–water partition coefficient (Wildman–Crippen LogP) is 1.94. The van der Waals surface area contributed by atoms with E-state index in [9.17, 15) is 14.9 Å². The lowest BCUT2D eigenvalue weighted by atomic mass is 10.0. The highest BCUT2D eigenvalue weighted by atomic mass is 16.6. The van der Waals surface area contributed by atoms with Gasteiger partial charge in [-0.3, -0.25) is 14.9 Å². The molecule has 88 valence electrons. The molecule has 0 saturated carbocycles. The molecule has 6 nitrogen and oxygen atoms in total. The van der Waals surface area contributed by atoms with Crippen LogP contribution in [0.15, 0.2) is 23.4 Å². The summed E-state index contributed by atoms with van der Waals surface area (Å²) in [7, 11) is 0. The van der Waals surface area contributed by atoms with Crippen molar-refractivity contribution in [2.75, 3.05) is 0 Å². The second kappa shape index (κ2) is 4.32. The lowest BCUT2D eigenvalue weighted by molar-refractivity contribution is -0.384. The van der Waals surface area contributed by atoms with Gasteiger partial charge in [-0.1, -0.05) is 11.2 Å². The van der Waals surface area contributed by atoms with Crippen LogP contribution in [-0.2, 0) is 6.42 Å². The van der Waals surface area contributed by atoms with Crippen molar-refractivity contribution in [3.63, 3.8) is 0 Å². The second-order valence-electron chi connectivity index (χ2n) is 3.83. The van der Waals surface area contributed by atoms with E-state index in [0.717, 1.165) is 5.56 Å². The molecule has 0 heterocycles. The van der Waals surface area contributed by atoms with E-state index < -0.39 is 10.7 Å². The van der Waals surface area contributed by atoms with Gasteiger partial charge in [0.25, 0.3) is 5.69 Å². The Morgan fingerprint density at radius 3 is 2.76 bits per heavy atom. The number of nitro groups is 1. The Balaban J connectivity index is 2.54. The van der Waals surface area contributed by atoms with E-state index in [1.54, 1.807) is 6.07 Å². The number of nitro benzene ring substituents is 1. The monoisotopic (exact) mass is 234 g/mol. The van der Waals surface area contributed by atoms with Gasteiger partial charge in [0.1, 0.15) is 5.71 Å². The van der Waals surface area contributed by atoms with Crippen LogP contribution < -0.4 is 0 Å². The molecule has 0 radical (unpaired) electrons. The first-order chi connectivity index (χ1) is 8.13. The topological polar surface area (TPSA) is 92.8 Å². The van der Waals surface area contributed by atoms with Crippen molar-refractivity contribution in [2.45, 2.75) is 19.3 Å². The molecule has 1 aromatic rings. The van der Waals surface area contributed by atoms with E-state index in [0.29, 0.717) is 19.3 Å². The van der Waals surface area contributed by atoms with Gasteiger partial charge in [0.15, 0.2) is 0 Å². The summed E-state index contributed by atoms with van der Waals surface area (Å²) < 4.78 is 0. The van der Waals surface area contributed by atoms with Crippen LogP contribution in [0, 0.1) is 10.1 Å². The Morgan fingerprint density at radius 2 is 2.12 bits per heavy atom. The molecule has 1 aliphatic carbocycles. The number of hydrogen-bond donors (Lipinski definition) is 1. The van der Waals surface area contributed by atoms with Crippen LogP contribution in [0.1, 0.15) is 28.8 Å². The van der Waals surface area contributed by atoms with Crippen molar-refractivity contribution >= 4 is 17.2 Å². The molecule has 0 bridgehead atoms. The number of carbonyl (C=O) groups excluding carboxylic acids is 1. The van der Waals surface area contributed by atoms with Crippen molar-refractivity contribution in [3.8, 4) is 0 Å². The molecule has 1 N–H and O–H groups in total. The molecule has 0 amide bonds. The van der Waals surface area contributed by atoms with E-state index in [4.69, 9.17) is 5.21 Å². The maximum atomic E-state index is 11.9. The normalized spacial score (nSPS) is 17.6. The maximum Gasteiger partial charge on any atom is 0.270 e. The zero-order chi connectivity index (χ0) is 12.4. The molecule has 0 saturated heterocycles. The number of hydrogen-bond acceptors (Lipinski definition) is 5. The third-order valence-corrected chi connectivity index (χ3v) is 2.79. The summed E-state index contributed by atoms with van der Waals surface area (Å²) in [6, 6.07) is 4.22. The smallest absolute Gasteiger partial charge is 0.270 e. The zero-order valence-electron chi connectivity index (χ0n) is 8.92. The molecule has 0 fully saturated rings. The molecular weight excluding hydrogens is 224 g/mol. The Labute approximate surface area is 96.7 Å². The van der Waals surface area contributed by atoms with Crippen LogP contribution in [0.2, 0.25) is 0 Å². The van der Waals surface area contributed by atoms with Gasteiger partial charge < -0.3 is 5.21 Å². The minimum absolute atomic E-state index is 0.0595. The van der Waals surface area contributed by atoms with Crippen molar-refractivity contribution in [1.29, 1.82) is 0 Å². The number of carbonyl (C=O) groups is 1. The fourth-order valence-corrected chi connectivity index (χ4v) is 1.92. The van der Waals surface area contributed by atoms with E-state index >= 15 is 0 Å². The zero-order valence-corrected chi connectivity index (χ0v) is 8.92. The van der Waals surface area contributed by atoms with Crippen molar-refractivity contribution in [3.05, 3.63) is 39.4 Å². The third kappa shape index (κ3) is 2.01. The fraction of sp³-hybridized carbons (Fsp3) is 0.273. The highest BCUT2D eigenvalue weighted by molar-refractivity contribution is 6.46. The minimum Gasteiger partial charge on any atom is -0.411 e. The number of rotatable bonds is 1. The van der Waals surface area contributed by atoms with Gasteiger partial charge in [0.2, 0.25) is 5.78 Å². The quantitative estimate of drug-likeness (QED) is 0.348. The number of ketones is 1.